The SMILES string of the molecule is CC.O=C1CCCOc2ccccc21. The van der Waals surface area contributed by atoms with Crippen molar-refractivity contribution < 1.29 is 9.53 Å². The highest BCUT2D eigenvalue weighted by molar-refractivity contribution is 5.98. The van der Waals surface area contributed by atoms with Gasteiger partial charge in [-0.3, -0.25) is 4.79 Å². The average Bonchev–Trinajstić information content (AvgIpc) is 2.45. The van der Waals surface area contributed by atoms with E-state index in [-0.39, 0.29) is 5.78 Å². The van der Waals surface area contributed by atoms with Crippen LogP contribution in [-0.4, -0.2) is 12.4 Å². The summed E-state index contributed by atoms with van der Waals surface area (Å²) >= 11 is 0. The molecule has 0 N–H and O–H groups in total. The monoisotopic (exact) mass is 192 g/mol. The summed E-state index contributed by atoms with van der Waals surface area (Å²) in [5.74, 6) is 0.933. The van der Waals surface area contributed by atoms with Crippen LogP contribution in [0.15, 0.2) is 24.3 Å². The quantitative estimate of drug-likeness (QED) is 0.631. The maximum Gasteiger partial charge on any atom is 0.166 e. The van der Waals surface area contributed by atoms with Crippen LogP contribution in [0.2, 0.25) is 0 Å². The zero-order valence-corrected chi connectivity index (χ0v) is 8.75. The summed E-state index contributed by atoms with van der Waals surface area (Å²) in [7, 11) is 0. The van der Waals surface area contributed by atoms with Gasteiger partial charge in [-0.05, 0) is 18.6 Å². The molecule has 2 heteroatoms. The molecule has 2 rings (SSSR count). The summed E-state index contributed by atoms with van der Waals surface area (Å²) in [6.07, 6.45) is 1.44. The van der Waals surface area contributed by atoms with E-state index in [2.05, 4.69) is 0 Å². The average molecular weight is 192 g/mol. The number of Topliss-reactive ketones (excluding diaryl/α,β-unsaturated/α-hetero) is 1. The molecule has 0 fully saturated rings. The van der Waals surface area contributed by atoms with Gasteiger partial charge >= 0.3 is 0 Å². The molecule has 0 aliphatic carbocycles. The highest BCUT2D eigenvalue weighted by Gasteiger charge is 2.14. The molecule has 0 unspecified atom stereocenters. The van der Waals surface area contributed by atoms with E-state index in [9.17, 15) is 4.79 Å². The molecule has 0 radical (unpaired) electrons. The minimum Gasteiger partial charge on any atom is -0.493 e. The Bertz CT molecular complexity index is 305. The number of ketones is 1. The molecule has 2 nitrogen and oxygen atoms in total. The second-order valence-electron chi connectivity index (χ2n) is 2.87. The van der Waals surface area contributed by atoms with Crippen LogP contribution >= 0.6 is 0 Å². The van der Waals surface area contributed by atoms with Crippen LogP contribution < -0.4 is 4.74 Å². The van der Waals surface area contributed by atoms with Crippen molar-refractivity contribution in [1.82, 2.24) is 0 Å². The number of ether oxygens (including phenoxy) is 1. The Labute approximate surface area is 84.9 Å². The Morgan fingerprint density at radius 3 is 2.71 bits per heavy atom. The molecule has 0 saturated carbocycles. The van der Waals surface area contributed by atoms with E-state index < -0.39 is 0 Å². The van der Waals surface area contributed by atoms with E-state index in [1.807, 2.05) is 38.1 Å². The number of carbonyl (C=O) groups is 1. The van der Waals surface area contributed by atoms with Crippen molar-refractivity contribution in [1.29, 1.82) is 0 Å². The largest absolute Gasteiger partial charge is 0.493 e. The Kier molecular flexibility index (Phi) is 4.17. The number of rotatable bonds is 0. The van der Waals surface area contributed by atoms with E-state index in [0.717, 1.165) is 17.7 Å². The van der Waals surface area contributed by atoms with Crippen LogP contribution in [0.4, 0.5) is 0 Å². The van der Waals surface area contributed by atoms with Crippen LogP contribution in [0, 0.1) is 0 Å². The van der Waals surface area contributed by atoms with E-state index in [1.165, 1.54) is 0 Å². The molecule has 0 aromatic heterocycles. The molecular weight excluding hydrogens is 176 g/mol. The van der Waals surface area contributed by atoms with E-state index >= 15 is 0 Å². The van der Waals surface area contributed by atoms with E-state index in [4.69, 9.17) is 4.74 Å². The number of fused-ring (bicyclic) bond motifs is 1. The van der Waals surface area contributed by atoms with Gasteiger partial charge in [-0.1, -0.05) is 26.0 Å². The summed E-state index contributed by atoms with van der Waals surface area (Å²) < 4.78 is 5.40. The van der Waals surface area contributed by atoms with Gasteiger partial charge in [0.25, 0.3) is 0 Å². The molecule has 0 atom stereocenters. The summed E-state index contributed by atoms with van der Waals surface area (Å²) in [5, 5.41) is 0. The minimum atomic E-state index is 0.197. The van der Waals surface area contributed by atoms with Crippen molar-refractivity contribution in [3.05, 3.63) is 29.8 Å². The van der Waals surface area contributed by atoms with Gasteiger partial charge in [0, 0.05) is 6.42 Å². The standard InChI is InChI=1S/C10H10O2.C2H6/c11-9-5-3-7-12-10-6-2-1-4-8(9)10;1-2/h1-2,4,6H,3,5,7H2;1-2H3. The summed E-state index contributed by atoms with van der Waals surface area (Å²) in [5.41, 5.74) is 0.731. The van der Waals surface area contributed by atoms with Crippen molar-refractivity contribution >= 4 is 5.78 Å². The Morgan fingerprint density at radius 1 is 1.21 bits per heavy atom. The molecular formula is C12H16O2. The second kappa shape index (κ2) is 5.43. The lowest BCUT2D eigenvalue weighted by Gasteiger charge is -2.03. The number of benzene rings is 1. The number of para-hydroxylation sites is 1. The predicted octanol–water partition coefficient (Wildman–Crippen LogP) is 3.07. The second-order valence-corrected chi connectivity index (χ2v) is 2.87. The molecule has 0 bridgehead atoms. The van der Waals surface area contributed by atoms with E-state index in [1.54, 1.807) is 0 Å². The lowest BCUT2D eigenvalue weighted by Crippen LogP contribution is -1.96. The molecule has 1 aliphatic rings. The molecule has 1 heterocycles. The predicted molar refractivity (Wildman–Crippen MR) is 56.8 cm³/mol. The third-order valence-electron chi connectivity index (χ3n) is 1.99. The lowest BCUT2D eigenvalue weighted by molar-refractivity contribution is 0.0983. The maximum atomic E-state index is 11.4. The van der Waals surface area contributed by atoms with Crippen LogP contribution in [0.5, 0.6) is 5.75 Å². The van der Waals surface area contributed by atoms with Crippen molar-refractivity contribution in [2.45, 2.75) is 26.7 Å². The zero-order chi connectivity index (χ0) is 10.4. The topological polar surface area (TPSA) is 26.3 Å². The lowest BCUT2D eigenvalue weighted by atomic mass is 10.1. The molecule has 1 aromatic rings. The van der Waals surface area contributed by atoms with Gasteiger partial charge in [0.15, 0.2) is 5.78 Å². The number of hydrogen-bond acceptors (Lipinski definition) is 2. The third-order valence-corrected chi connectivity index (χ3v) is 1.99. The van der Waals surface area contributed by atoms with Gasteiger partial charge in [0.2, 0.25) is 0 Å². The highest BCUT2D eigenvalue weighted by atomic mass is 16.5. The maximum absolute atomic E-state index is 11.4. The molecule has 76 valence electrons. The van der Waals surface area contributed by atoms with Crippen LogP contribution in [0.25, 0.3) is 0 Å². The summed E-state index contributed by atoms with van der Waals surface area (Å²) in [4.78, 5) is 11.4. The Hall–Kier alpha value is -1.31. The first-order chi connectivity index (χ1) is 6.88. The van der Waals surface area contributed by atoms with Crippen molar-refractivity contribution in [2.24, 2.45) is 0 Å². The molecule has 0 saturated heterocycles. The third kappa shape index (κ3) is 2.34. The van der Waals surface area contributed by atoms with Crippen molar-refractivity contribution in [2.75, 3.05) is 6.61 Å². The molecule has 14 heavy (non-hydrogen) atoms. The number of hydrogen-bond donors (Lipinski definition) is 0. The normalized spacial score (nSPS) is 14.3. The summed E-state index contributed by atoms with van der Waals surface area (Å²) in [6, 6.07) is 7.42. The van der Waals surface area contributed by atoms with Crippen molar-refractivity contribution in [3.8, 4) is 5.75 Å². The highest BCUT2D eigenvalue weighted by Crippen LogP contribution is 2.22. The van der Waals surface area contributed by atoms with Gasteiger partial charge < -0.3 is 4.74 Å². The number of carbonyl (C=O) groups excluding carboxylic acids is 1. The Morgan fingerprint density at radius 2 is 1.93 bits per heavy atom. The van der Waals surface area contributed by atoms with Crippen LogP contribution in [-0.2, 0) is 0 Å². The first-order valence-corrected chi connectivity index (χ1v) is 5.13. The molecule has 0 spiro atoms. The van der Waals surface area contributed by atoms with Gasteiger partial charge in [-0.25, -0.2) is 0 Å². The fourth-order valence-corrected chi connectivity index (χ4v) is 1.37. The van der Waals surface area contributed by atoms with Gasteiger partial charge in [0.1, 0.15) is 5.75 Å². The molecule has 0 amide bonds. The first-order valence-electron chi connectivity index (χ1n) is 5.13. The smallest absolute Gasteiger partial charge is 0.166 e. The van der Waals surface area contributed by atoms with Gasteiger partial charge in [-0.2, -0.15) is 0 Å². The minimum absolute atomic E-state index is 0.197. The fraction of sp³-hybridized carbons (Fsp3) is 0.417. The van der Waals surface area contributed by atoms with Crippen LogP contribution in [0.3, 0.4) is 0 Å². The van der Waals surface area contributed by atoms with E-state index in [0.29, 0.717) is 13.0 Å². The molecule has 1 aliphatic heterocycles. The zero-order valence-electron chi connectivity index (χ0n) is 8.75. The van der Waals surface area contributed by atoms with Crippen molar-refractivity contribution in [3.63, 3.8) is 0 Å². The fourth-order valence-electron chi connectivity index (χ4n) is 1.37. The van der Waals surface area contributed by atoms with Crippen LogP contribution in [0.1, 0.15) is 37.0 Å². The summed E-state index contributed by atoms with van der Waals surface area (Å²) in [6.45, 7) is 4.66. The van der Waals surface area contributed by atoms with Gasteiger partial charge in [0.05, 0.1) is 12.2 Å². The molecule has 1 aromatic carbocycles. The van der Waals surface area contributed by atoms with Gasteiger partial charge in [-0.15, -0.1) is 0 Å². The first kappa shape index (κ1) is 10.8. The Balaban J connectivity index is 0.000000461.